The summed E-state index contributed by atoms with van der Waals surface area (Å²) in [6, 6.07) is 8.42. The van der Waals surface area contributed by atoms with Crippen molar-refractivity contribution in [3.8, 4) is 5.75 Å². The van der Waals surface area contributed by atoms with Crippen molar-refractivity contribution < 1.29 is 24.0 Å². The molecule has 4 aliphatic heterocycles. The van der Waals surface area contributed by atoms with E-state index in [2.05, 4.69) is 42.5 Å². The van der Waals surface area contributed by atoms with Gasteiger partial charge in [-0.2, -0.15) is 0 Å². The third-order valence-corrected chi connectivity index (χ3v) is 10.2. The zero-order valence-electron chi connectivity index (χ0n) is 24.8. The minimum atomic E-state index is -0.709. The number of benzene rings is 1. The molecular formula is C32H47N3O5. The second-order valence-corrected chi connectivity index (χ2v) is 12.9. The van der Waals surface area contributed by atoms with E-state index in [0.29, 0.717) is 29.7 Å². The Bertz CT molecular complexity index is 1180. The van der Waals surface area contributed by atoms with Gasteiger partial charge < -0.3 is 24.8 Å². The number of methoxy groups -OCH3 is 1. The lowest BCUT2D eigenvalue weighted by Gasteiger charge is -2.60. The van der Waals surface area contributed by atoms with Gasteiger partial charge in [0.1, 0.15) is 5.75 Å². The number of hydrogen-bond acceptors (Lipinski definition) is 8. The van der Waals surface area contributed by atoms with Gasteiger partial charge in [0.15, 0.2) is 11.9 Å². The van der Waals surface area contributed by atoms with Crippen molar-refractivity contribution in [2.45, 2.75) is 102 Å². The van der Waals surface area contributed by atoms with Crippen LogP contribution in [0.25, 0.3) is 10.9 Å². The van der Waals surface area contributed by atoms with E-state index >= 15 is 0 Å². The molecule has 2 bridgehead atoms. The van der Waals surface area contributed by atoms with Crippen molar-refractivity contribution in [1.29, 1.82) is 0 Å². The van der Waals surface area contributed by atoms with E-state index in [1.165, 1.54) is 6.42 Å². The molecule has 1 saturated carbocycles. The number of pyridine rings is 1. The highest BCUT2D eigenvalue weighted by Crippen LogP contribution is 2.60. The quantitative estimate of drug-likeness (QED) is 0.272. The van der Waals surface area contributed by atoms with Crippen LogP contribution < -0.4 is 15.4 Å². The molecule has 0 amide bonds. The molecule has 1 aromatic heterocycles. The van der Waals surface area contributed by atoms with E-state index in [1.54, 1.807) is 7.11 Å². The molecule has 2 aromatic rings. The van der Waals surface area contributed by atoms with Gasteiger partial charge in [-0.1, -0.05) is 19.9 Å². The first kappa shape index (κ1) is 28.2. The maximum Gasteiger partial charge on any atom is 0.201 e. The summed E-state index contributed by atoms with van der Waals surface area (Å²) in [5, 5.41) is 8.40. The van der Waals surface area contributed by atoms with Crippen molar-refractivity contribution in [1.82, 2.24) is 10.3 Å². The van der Waals surface area contributed by atoms with Gasteiger partial charge in [-0.05, 0) is 95.3 Å². The summed E-state index contributed by atoms with van der Waals surface area (Å²) in [5.74, 6) is 1.95. The Balaban J connectivity index is 0.990. The van der Waals surface area contributed by atoms with E-state index in [0.717, 1.165) is 74.0 Å². The van der Waals surface area contributed by atoms with E-state index in [9.17, 15) is 0 Å². The van der Waals surface area contributed by atoms with Crippen molar-refractivity contribution in [3.05, 3.63) is 30.5 Å². The number of rotatable bonds is 10. The summed E-state index contributed by atoms with van der Waals surface area (Å²) in [4.78, 5) is 16.8. The van der Waals surface area contributed by atoms with Crippen LogP contribution in [0.15, 0.2) is 30.5 Å². The number of aromatic nitrogens is 1. The highest BCUT2D eigenvalue weighted by atomic mass is 17.3. The Morgan fingerprint density at radius 2 is 2.00 bits per heavy atom. The molecule has 220 valence electrons. The fourth-order valence-corrected chi connectivity index (χ4v) is 7.94. The van der Waals surface area contributed by atoms with Crippen LogP contribution in [0, 0.1) is 23.7 Å². The average Bonchev–Trinajstić information content (AvgIpc) is 3.18. The first-order valence-corrected chi connectivity index (χ1v) is 15.4. The molecule has 8 nitrogen and oxygen atoms in total. The van der Waals surface area contributed by atoms with Gasteiger partial charge in [-0.15, -0.1) is 0 Å². The second-order valence-electron chi connectivity index (χ2n) is 12.9. The van der Waals surface area contributed by atoms with E-state index in [4.69, 9.17) is 24.0 Å². The third kappa shape index (κ3) is 5.11. The van der Waals surface area contributed by atoms with Crippen LogP contribution in [0.5, 0.6) is 5.75 Å². The van der Waals surface area contributed by atoms with E-state index < -0.39 is 11.4 Å². The predicted molar refractivity (Wildman–Crippen MR) is 155 cm³/mol. The number of nitrogens with zero attached hydrogens (tertiary/aromatic N) is 1. The third-order valence-electron chi connectivity index (χ3n) is 10.2. The molecule has 1 spiro atoms. The number of fused-ring (bicyclic) bond motifs is 3. The van der Waals surface area contributed by atoms with Gasteiger partial charge in [0.25, 0.3) is 0 Å². The molecular weight excluding hydrogens is 506 g/mol. The molecule has 4 saturated heterocycles. The Hall–Kier alpha value is -1.97. The molecule has 8 heteroatoms. The molecule has 7 rings (SSSR count). The molecule has 1 aromatic carbocycles. The highest BCUT2D eigenvalue weighted by molar-refractivity contribution is 5.91. The molecule has 2 N–H and O–H groups in total. The summed E-state index contributed by atoms with van der Waals surface area (Å²) >= 11 is 0. The summed E-state index contributed by atoms with van der Waals surface area (Å²) in [5.41, 5.74) is 1.53. The Morgan fingerprint density at radius 3 is 2.85 bits per heavy atom. The van der Waals surface area contributed by atoms with Gasteiger partial charge in [0, 0.05) is 36.0 Å². The van der Waals surface area contributed by atoms with Crippen molar-refractivity contribution >= 4 is 16.6 Å². The van der Waals surface area contributed by atoms with Gasteiger partial charge in [0.2, 0.25) is 5.79 Å². The maximum absolute atomic E-state index is 6.73. The zero-order valence-corrected chi connectivity index (χ0v) is 24.8. The standard InChI is InChI=1S/C32H47N3O5/c1-20-10-11-26-22(3)28(37-30-32(26)25(20)12-14-31(4,38-30)39-40-32)13-17-33-15-6-8-21(2)35-27-19-24(36-5)18-23-9-7-16-34-29(23)27/h7,9,16,18-22,25-26,28,30,33,35H,6,8,10-15,17H2,1-5H3/t20-,21?,22-,25+,26+,28-,30-,31+,32-/m1/s1. The summed E-state index contributed by atoms with van der Waals surface area (Å²) < 4.78 is 18.7. The largest absolute Gasteiger partial charge is 0.497 e. The normalized spacial score (nSPS) is 37.5. The number of ether oxygens (including phenoxy) is 3. The first-order valence-electron chi connectivity index (χ1n) is 15.4. The maximum atomic E-state index is 6.73. The van der Waals surface area contributed by atoms with Crippen LogP contribution >= 0.6 is 0 Å². The molecule has 5 fully saturated rings. The molecule has 5 heterocycles. The minimum absolute atomic E-state index is 0.156. The van der Waals surface area contributed by atoms with Crippen LogP contribution in [0.4, 0.5) is 5.69 Å². The lowest BCUT2D eigenvalue weighted by Crippen LogP contribution is -2.70. The highest BCUT2D eigenvalue weighted by Gasteiger charge is 2.69. The summed E-state index contributed by atoms with van der Waals surface area (Å²) in [6.07, 6.45) is 9.09. The van der Waals surface area contributed by atoms with Crippen LogP contribution in [-0.4, -0.2) is 55.0 Å². The van der Waals surface area contributed by atoms with Crippen LogP contribution in [0.1, 0.15) is 72.6 Å². The van der Waals surface area contributed by atoms with Crippen LogP contribution in [0.3, 0.4) is 0 Å². The summed E-state index contributed by atoms with van der Waals surface area (Å²) in [7, 11) is 1.70. The van der Waals surface area contributed by atoms with Gasteiger partial charge in [-0.3, -0.25) is 4.98 Å². The first-order chi connectivity index (χ1) is 19.3. The fourth-order valence-electron chi connectivity index (χ4n) is 7.94. The fraction of sp³-hybridized carbons (Fsp3) is 0.719. The Labute approximate surface area is 238 Å². The summed E-state index contributed by atoms with van der Waals surface area (Å²) in [6.45, 7) is 10.8. The van der Waals surface area contributed by atoms with Gasteiger partial charge in [0.05, 0.1) is 24.4 Å². The number of anilines is 1. The predicted octanol–water partition coefficient (Wildman–Crippen LogP) is 6.05. The number of hydrogen-bond donors (Lipinski definition) is 2. The van der Waals surface area contributed by atoms with Gasteiger partial charge in [-0.25, -0.2) is 9.78 Å². The molecule has 1 unspecified atom stereocenters. The average molecular weight is 554 g/mol. The van der Waals surface area contributed by atoms with Crippen molar-refractivity contribution in [2.75, 3.05) is 25.5 Å². The minimum Gasteiger partial charge on any atom is -0.497 e. The molecule has 9 atom stereocenters. The van der Waals surface area contributed by atoms with E-state index in [-0.39, 0.29) is 12.4 Å². The number of nitrogens with one attached hydrogen (secondary N) is 2. The zero-order chi connectivity index (χ0) is 27.9. The smallest absolute Gasteiger partial charge is 0.201 e. The molecule has 5 aliphatic rings. The molecule has 40 heavy (non-hydrogen) atoms. The molecule has 1 aliphatic carbocycles. The Kier molecular flexibility index (Phi) is 8.00. The van der Waals surface area contributed by atoms with Crippen molar-refractivity contribution in [3.63, 3.8) is 0 Å². The lowest BCUT2D eigenvalue weighted by atomic mass is 9.57. The van der Waals surface area contributed by atoms with Crippen molar-refractivity contribution in [2.24, 2.45) is 23.7 Å². The monoisotopic (exact) mass is 553 g/mol. The van der Waals surface area contributed by atoms with Crippen LogP contribution in [0.2, 0.25) is 0 Å². The van der Waals surface area contributed by atoms with E-state index in [1.807, 2.05) is 31.3 Å². The van der Waals surface area contributed by atoms with Crippen LogP contribution in [-0.2, 0) is 19.2 Å². The Morgan fingerprint density at radius 1 is 1.12 bits per heavy atom. The molecule has 0 radical (unpaired) electrons. The topological polar surface area (TPSA) is 83.1 Å². The second kappa shape index (κ2) is 11.4. The lowest BCUT2D eigenvalue weighted by molar-refractivity contribution is -0.571. The SMILES string of the molecule is COc1cc(NC(C)CCCNCC[C@H]2O[C@@H]3O[C@]4(C)CC[C@H]5[C@H](C)CC[C@@H]([C@H]2C)[C@@]35OO4)c2ncccc2c1. The van der Waals surface area contributed by atoms with Gasteiger partial charge >= 0.3 is 0 Å².